The molecule has 8 nitrogen and oxygen atoms in total. The Bertz CT molecular complexity index is 1590. The SMILES string of the molecule is CCc1cccc2c(C(CC(=O)c3ccc(C(C)(C)C)cc3)C(=O)NC3CCC(Nc4nccc(N(C)C)n4)CC3)c[nH]c12. The fourth-order valence-corrected chi connectivity index (χ4v) is 6.16. The van der Waals surface area contributed by atoms with Gasteiger partial charge in [-0.05, 0) is 60.3 Å². The lowest BCUT2D eigenvalue weighted by Gasteiger charge is -2.31. The van der Waals surface area contributed by atoms with Gasteiger partial charge < -0.3 is 20.5 Å². The van der Waals surface area contributed by atoms with Gasteiger partial charge in [-0.25, -0.2) is 4.98 Å². The zero-order valence-electron chi connectivity index (χ0n) is 26.9. The van der Waals surface area contributed by atoms with Crippen molar-refractivity contribution in [2.24, 2.45) is 0 Å². The molecule has 1 aliphatic rings. The summed E-state index contributed by atoms with van der Waals surface area (Å²) >= 11 is 0. The summed E-state index contributed by atoms with van der Waals surface area (Å²) in [4.78, 5) is 42.0. The van der Waals surface area contributed by atoms with Gasteiger partial charge in [-0.3, -0.25) is 9.59 Å². The van der Waals surface area contributed by atoms with Gasteiger partial charge >= 0.3 is 0 Å². The Kier molecular flexibility index (Phi) is 9.37. The van der Waals surface area contributed by atoms with E-state index in [0.29, 0.717) is 11.5 Å². The number of hydrogen-bond donors (Lipinski definition) is 3. The number of rotatable bonds is 10. The number of nitrogens with one attached hydrogen (secondary N) is 3. The molecule has 2 aromatic carbocycles. The molecule has 8 heteroatoms. The van der Waals surface area contributed by atoms with E-state index in [9.17, 15) is 9.59 Å². The maximum Gasteiger partial charge on any atom is 0.228 e. The van der Waals surface area contributed by atoms with Crippen LogP contribution in [0.1, 0.15) is 92.8 Å². The van der Waals surface area contributed by atoms with Crippen LogP contribution in [0.4, 0.5) is 11.8 Å². The minimum absolute atomic E-state index is 0.00281. The molecule has 0 spiro atoms. The Morgan fingerprint density at radius 2 is 1.70 bits per heavy atom. The number of aromatic amines is 1. The number of ketones is 1. The van der Waals surface area contributed by atoms with Crippen LogP contribution >= 0.6 is 0 Å². The molecule has 2 aromatic heterocycles. The summed E-state index contributed by atoms with van der Waals surface area (Å²) in [6.07, 6.45) is 8.18. The van der Waals surface area contributed by atoms with Gasteiger partial charge in [-0.1, -0.05) is 70.2 Å². The molecule has 1 amide bonds. The molecule has 0 bridgehead atoms. The first-order valence-corrected chi connectivity index (χ1v) is 15.8. The number of aromatic nitrogens is 3. The largest absolute Gasteiger partial charge is 0.363 e. The number of anilines is 2. The van der Waals surface area contributed by atoms with E-state index in [2.05, 4.69) is 59.3 Å². The van der Waals surface area contributed by atoms with Crippen molar-refractivity contribution in [1.29, 1.82) is 0 Å². The highest BCUT2D eigenvalue weighted by molar-refractivity contribution is 6.02. The van der Waals surface area contributed by atoms with Gasteiger partial charge in [-0.2, -0.15) is 4.98 Å². The van der Waals surface area contributed by atoms with Crippen molar-refractivity contribution in [3.63, 3.8) is 0 Å². The summed E-state index contributed by atoms with van der Waals surface area (Å²) in [5.74, 6) is 0.773. The molecular formula is C36H46N6O2. The van der Waals surface area contributed by atoms with Gasteiger partial charge in [0.1, 0.15) is 5.82 Å². The molecular weight excluding hydrogens is 548 g/mol. The van der Waals surface area contributed by atoms with Gasteiger partial charge in [-0.15, -0.1) is 0 Å². The molecule has 232 valence electrons. The topological polar surface area (TPSA) is 103 Å². The summed E-state index contributed by atoms with van der Waals surface area (Å²) in [6, 6.07) is 16.2. The van der Waals surface area contributed by atoms with Crippen LogP contribution in [0.25, 0.3) is 10.9 Å². The number of nitrogens with zero attached hydrogens (tertiary/aromatic N) is 3. The second-order valence-electron chi connectivity index (χ2n) is 13.3. The van der Waals surface area contributed by atoms with Crippen molar-refractivity contribution >= 4 is 34.4 Å². The molecule has 4 aromatic rings. The van der Waals surface area contributed by atoms with Crippen LogP contribution in [-0.4, -0.2) is 52.8 Å². The number of aryl methyl sites for hydroxylation is 1. The van der Waals surface area contributed by atoms with Crippen LogP contribution in [0.15, 0.2) is 60.9 Å². The van der Waals surface area contributed by atoms with E-state index < -0.39 is 5.92 Å². The van der Waals surface area contributed by atoms with Gasteiger partial charge in [0.15, 0.2) is 5.78 Å². The number of para-hydroxylation sites is 1. The lowest BCUT2D eigenvalue weighted by atomic mass is 9.85. The summed E-state index contributed by atoms with van der Waals surface area (Å²) < 4.78 is 0. The van der Waals surface area contributed by atoms with Crippen molar-refractivity contribution in [2.45, 2.75) is 89.6 Å². The molecule has 0 aliphatic heterocycles. The van der Waals surface area contributed by atoms with Crippen LogP contribution in [0, 0.1) is 0 Å². The van der Waals surface area contributed by atoms with E-state index in [0.717, 1.165) is 54.4 Å². The predicted octanol–water partition coefficient (Wildman–Crippen LogP) is 6.78. The average molecular weight is 595 g/mol. The van der Waals surface area contributed by atoms with Crippen molar-refractivity contribution in [3.05, 3.63) is 83.2 Å². The van der Waals surface area contributed by atoms with E-state index in [4.69, 9.17) is 0 Å². The van der Waals surface area contributed by atoms with E-state index in [-0.39, 0.29) is 35.6 Å². The maximum atomic E-state index is 14.0. The molecule has 5 rings (SSSR count). The minimum Gasteiger partial charge on any atom is -0.363 e. The molecule has 2 heterocycles. The van der Waals surface area contributed by atoms with E-state index in [1.165, 1.54) is 11.1 Å². The Morgan fingerprint density at radius 3 is 2.36 bits per heavy atom. The highest BCUT2D eigenvalue weighted by atomic mass is 16.2. The quantitative estimate of drug-likeness (QED) is 0.175. The van der Waals surface area contributed by atoms with Crippen molar-refractivity contribution in [3.8, 4) is 0 Å². The molecule has 1 saturated carbocycles. The number of benzene rings is 2. The van der Waals surface area contributed by atoms with Crippen LogP contribution < -0.4 is 15.5 Å². The van der Waals surface area contributed by atoms with E-state index >= 15 is 0 Å². The first-order chi connectivity index (χ1) is 21.0. The average Bonchev–Trinajstić information content (AvgIpc) is 3.44. The fraction of sp³-hybridized carbons (Fsp3) is 0.444. The summed E-state index contributed by atoms with van der Waals surface area (Å²) in [5.41, 5.74) is 4.93. The monoisotopic (exact) mass is 594 g/mol. The molecule has 1 unspecified atom stereocenters. The van der Waals surface area contributed by atoms with Crippen LogP contribution in [0.2, 0.25) is 0 Å². The minimum atomic E-state index is -0.594. The summed E-state index contributed by atoms with van der Waals surface area (Å²) in [6.45, 7) is 8.60. The third kappa shape index (κ3) is 7.12. The first-order valence-electron chi connectivity index (χ1n) is 15.8. The number of H-pyrrole nitrogens is 1. The number of fused-ring (bicyclic) bond motifs is 1. The standard InChI is InChI=1S/C36H46N6O2/c1-7-23-9-8-10-28-30(22-38-33(23)28)29(21-31(43)24-11-13-25(14-12-24)36(2,3)4)34(44)39-26-15-17-27(18-16-26)40-35-37-20-19-32(41-35)42(5)6/h8-14,19-20,22,26-27,29,38H,7,15-18,21H2,1-6H3,(H,39,44)(H,37,40,41). The molecule has 0 radical (unpaired) electrons. The smallest absolute Gasteiger partial charge is 0.228 e. The Hall–Kier alpha value is -4.20. The first kappa shape index (κ1) is 31.2. The third-order valence-electron chi connectivity index (χ3n) is 8.87. The Labute approximate surface area is 261 Å². The van der Waals surface area contributed by atoms with E-state index in [1.807, 2.05) is 67.7 Å². The number of carbonyl (C=O) groups is 2. The van der Waals surface area contributed by atoms with Gasteiger partial charge in [0.2, 0.25) is 11.9 Å². The molecule has 1 aliphatic carbocycles. The predicted molar refractivity (Wildman–Crippen MR) is 179 cm³/mol. The molecule has 1 fully saturated rings. The van der Waals surface area contributed by atoms with Crippen molar-refractivity contribution in [2.75, 3.05) is 24.3 Å². The van der Waals surface area contributed by atoms with Crippen LogP contribution in [-0.2, 0) is 16.6 Å². The van der Waals surface area contributed by atoms with Crippen molar-refractivity contribution < 1.29 is 9.59 Å². The van der Waals surface area contributed by atoms with Gasteiger partial charge in [0.05, 0.1) is 5.92 Å². The fourth-order valence-electron chi connectivity index (χ4n) is 6.16. The third-order valence-corrected chi connectivity index (χ3v) is 8.87. The number of Topliss-reactive ketones (excluding diaryl/α,β-unsaturated/α-hetero) is 1. The summed E-state index contributed by atoms with van der Waals surface area (Å²) in [5, 5.41) is 7.80. The lowest BCUT2D eigenvalue weighted by molar-refractivity contribution is -0.123. The highest BCUT2D eigenvalue weighted by Crippen LogP contribution is 2.32. The number of carbonyl (C=O) groups excluding carboxylic acids is 2. The Balaban J connectivity index is 1.31. The number of hydrogen-bond acceptors (Lipinski definition) is 6. The molecule has 44 heavy (non-hydrogen) atoms. The molecule has 0 saturated heterocycles. The zero-order valence-corrected chi connectivity index (χ0v) is 26.9. The second kappa shape index (κ2) is 13.2. The molecule has 3 N–H and O–H groups in total. The van der Waals surface area contributed by atoms with Crippen LogP contribution in [0.3, 0.4) is 0 Å². The lowest BCUT2D eigenvalue weighted by Crippen LogP contribution is -2.42. The maximum absolute atomic E-state index is 14.0. The normalized spacial score (nSPS) is 17.7. The zero-order chi connectivity index (χ0) is 31.4. The van der Waals surface area contributed by atoms with Gasteiger partial charge in [0, 0.05) is 61.5 Å². The van der Waals surface area contributed by atoms with Crippen molar-refractivity contribution in [1.82, 2.24) is 20.3 Å². The van der Waals surface area contributed by atoms with Crippen LogP contribution in [0.5, 0.6) is 0 Å². The number of amides is 1. The molecule has 1 atom stereocenters. The second-order valence-corrected chi connectivity index (χ2v) is 13.3. The highest BCUT2D eigenvalue weighted by Gasteiger charge is 2.31. The van der Waals surface area contributed by atoms with E-state index in [1.54, 1.807) is 6.20 Å². The summed E-state index contributed by atoms with van der Waals surface area (Å²) in [7, 11) is 3.92. The Morgan fingerprint density at radius 1 is 1.00 bits per heavy atom. The van der Waals surface area contributed by atoms with Gasteiger partial charge in [0.25, 0.3) is 0 Å².